The second-order valence-electron chi connectivity index (χ2n) is 6.32. The van der Waals surface area contributed by atoms with Crippen LogP contribution in [-0.2, 0) is 20.9 Å². The van der Waals surface area contributed by atoms with Gasteiger partial charge in [-0.15, -0.1) is 0 Å². The Kier molecular flexibility index (Phi) is 7.15. The van der Waals surface area contributed by atoms with Crippen LogP contribution in [0.5, 0.6) is 0 Å². The van der Waals surface area contributed by atoms with Crippen molar-refractivity contribution in [1.29, 1.82) is 0 Å². The van der Waals surface area contributed by atoms with Crippen molar-refractivity contribution in [2.45, 2.75) is 26.8 Å². The molecule has 2 aromatic carbocycles. The maximum atomic E-state index is 12.6. The average molecular weight is 351 g/mol. The minimum Gasteiger partial charge on any atom is -0.469 e. The normalized spacial score (nSPS) is 10.7. The minimum absolute atomic E-state index is 0.130. The second kappa shape index (κ2) is 9.56. The first-order chi connectivity index (χ1) is 12.5. The number of amides is 1. The molecule has 4 heteroatoms. The van der Waals surface area contributed by atoms with Crippen LogP contribution in [0.3, 0.4) is 0 Å². The zero-order valence-electron chi connectivity index (χ0n) is 15.6. The summed E-state index contributed by atoms with van der Waals surface area (Å²) in [6, 6.07) is 16.0. The monoisotopic (exact) mass is 351 g/mol. The molecule has 2 rings (SSSR count). The van der Waals surface area contributed by atoms with Gasteiger partial charge in [-0.05, 0) is 31.1 Å². The molecule has 0 N–H and O–H groups in total. The van der Waals surface area contributed by atoms with Crippen LogP contribution in [0.15, 0.2) is 54.6 Å². The van der Waals surface area contributed by atoms with E-state index in [1.165, 1.54) is 18.2 Å². The molecule has 0 aliphatic carbocycles. The Balaban J connectivity index is 2.09. The average Bonchev–Trinajstić information content (AvgIpc) is 2.65. The highest BCUT2D eigenvalue weighted by atomic mass is 16.5. The maximum absolute atomic E-state index is 12.6. The number of ether oxygens (including phenoxy) is 1. The van der Waals surface area contributed by atoms with Gasteiger partial charge >= 0.3 is 5.97 Å². The summed E-state index contributed by atoms with van der Waals surface area (Å²) in [5, 5.41) is 0. The summed E-state index contributed by atoms with van der Waals surface area (Å²) in [6.07, 6.45) is 3.52. The molecule has 0 saturated carbocycles. The highest BCUT2D eigenvalue weighted by Gasteiger charge is 2.13. The van der Waals surface area contributed by atoms with Crippen molar-refractivity contribution in [1.82, 2.24) is 4.90 Å². The summed E-state index contributed by atoms with van der Waals surface area (Å²) < 4.78 is 4.69. The Morgan fingerprint density at radius 2 is 1.54 bits per heavy atom. The van der Waals surface area contributed by atoms with Crippen molar-refractivity contribution >= 4 is 18.0 Å². The number of aryl methyl sites for hydroxylation is 2. The van der Waals surface area contributed by atoms with Crippen LogP contribution in [0.2, 0.25) is 0 Å². The first-order valence-corrected chi connectivity index (χ1v) is 8.64. The van der Waals surface area contributed by atoms with E-state index in [4.69, 9.17) is 4.74 Å². The molecule has 0 saturated heterocycles. The van der Waals surface area contributed by atoms with Gasteiger partial charge in [-0.2, -0.15) is 0 Å². The lowest BCUT2D eigenvalue weighted by molar-refractivity contribution is -0.141. The molecule has 1 amide bonds. The summed E-state index contributed by atoms with van der Waals surface area (Å²) in [5.41, 5.74) is 4.33. The predicted molar refractivity (Wildman–Crippen MR) is 103 cm³/mol. The number of esters is 1. The number of hydrogen-bond donors (Lipinski definition) is 0. The van der Waals surface area contributed by atoms with E-state index in [1.807, 2.05) is 62.4 Å². The van der Waals surface area contributed by atoms with Gasteiger partial charge in [0.1, 0.15) is 0 Å². The van der Waals surface area contributed by atoms with Crippen LogP contribution in [0.4, 0.5) is 0 Å². The van der Waals surface area contributed by atoms with Gasteiger partial charge in [0.05, 0.1) is 13.5 Å². The van der Waals surface area contributed by atoms with Crippen molar-refractivity contribution in [3.05, 3.63) is 76.9 Å². The molecule has 0 aliphatic rings. The van der Waals surface area contributed by atoms with Gasteiger partial charge in [0.25, 0.3) is 0 Å². The number of nitrogens with zero attached hydrogens (tertiary/aromatic N) is 1. The number of rotatable bonds is 7. The standard InChI is InChI=1S/C22H25NO3/c1-17-4-8-19(9-5-17)12-13-21(24)23(15-14-22(25)26-3)16-20-10-6-18(2)7-11-20/h4-13H,14-16H2,1-3H3/b13-12+. The summed E-state index contributed by atoms with van der Waals surface area (Å²) in [6.45, 7) is 4.81. The molecule has 136 valence electrons. The lowest BCUT2D eigenvalue weighted by atomic mass is 10.1. The lowest BCUT2D eigenvalue weighted by Gasteiger charge is -2.21. The Bertz CT molecular complexity index is 761. The third-order valence-electron chi connectivity index (χ3n) is 4.11. The third-order valence-corrected chi connectivity index (χ3v) is 4.11. The number of hydrogen-bond acceptors (Lipinski definition) is 3. The zero-order valence-corrected chi connectivity index (χ0v) is 15.6. The molecule has 0 bridgehead atoms. The van der Waals surface area contributed by atoms with E-state index >= 15 is 0 Å². The molecule has 0 atom stereocenters. The highest BCUT2D eigenvalue weighted by Crippen LogP contribution is 2.10. The summed E-state index contributed by atoms with van der Waals surface area (Å²) in [5.74, 6) is -0.454. The van der Waals surface area contributed by atoms with E-state index in [1.54, 1.807) is 17.1 Å². The molecule has 0 heterocycles. The van der Waals surface area contributed by atoms with E-state index in [2.05, 4.69) is 0 Å². The second-order valence-corrected chi connectivity index (χ2v) is 6.32. The van der Waals surface area contributed by atoms with Crippen LogP contribution in [-0.4, -0.2) is 30.4 Å². The van der Waals surface area contributed by atoms with Gasteiger partial charge in [-0.3, -0.25) is 9.59 Å². The Labute approximate surface area is 155 Å². The smallest absolute Gasteiger partial charge is 0.307 e. The molecule has 0 aliphatic heterocycles. The van der Waals surface area contributed by atoms with Crippen LogP contribution in [0.1, 0.15) is 28.7 Å². The molecule has 0 radical (unpaired) electrons. The largest absolute Gasteiger partial charge is 0.469 e. The fraction of sp³-hybridized carbons (Fsp3) is 0.273. The van der Waals surface area contributed by atoms with Gasteiger partial charge < -0.3 is 9.64 Å². The number of benzene rings is 2. The highest BCUT2D eigenvalue weighted by molar-refractivity contribution is 5.92. The van der Waals surface area contributed by atoms with Crippen molar-refractivity contribution < 1.29 is 14.3 Å². The number of carbonyl (C=O) groups is 2. The molecule has 0 spiro atoms. The number of carbonyl (C=O) groups excluding carboxylic acids is 2. The fourth-order valence-electron chi connectivity index (χ4n) is 2.46. The Morgan fingerprint density at radius 1 is 0.962 bits per heavy atom. The fourth-order valence-corrected chi connectivity index (χ4v) is 2.46. The molecule has 0 aromatic heterocycles. The van der Waals surface area contributed by atoms with Crippen LogP contribution >= 0.6 is 0 Å². The van der Waals surface area contributed by atoms with Crippen molar-refractivity contribution in [3.8, 4) is 0 Å². The SMILES string of the molecule is COC(=O)CCN(Cc1ccc(C)cc1)C(=O)/C=C/c1ccc(C)cc1. The summed E-state index contributed by atoms with van der Waals surface area (Å²) >= 11 is 0. The maximum Gasteiger partial charge on any atom is 0.307 e. The summed E-state index contributed by atoms with van der Waals surface area (Å²) in [7, 11) is 1.35. The van der Waals surface area contributed by atoms with E-state index in [0.717, 1.165) is 11.1 Å². The minimum atomic E-state index is -0.325. The van der Waals surface area contributed by atoms with Crippen molar-refractivity contribution in [2.75, 3.05) is 13.7 Å². The van der Waals surface area contributed by atoms with Gasteiger partial charge in [0.2, 0.25) is 5.91 Å². The molecule has 4 nitrogen and oxygen atoms in total. The van der Waals surface area contributed by atoms with E-state index < -0.39 is 0 Å². The van der Waals surface area contributed by atoms with Crippen LogP contribution < -0.4 is 0 Å². The van der Waals surface area contributed by atoms with Crippen molar-refractivity contribution in [2.24, 2.45) is 0 Å². The first-order valence-electron chi connectivity index (χ1n) is 8.64. The Morgan fingerprint density at radius 3 is 2.12 bits per heavy atom. The Hall–Kier alpha value is -2.88. The van der Waals surface area contributed by atoms with E-state index in [0.29, 0.717) is 13.1 Å². The van der Waals surface area contributed by atoms with Crippen LogP contribution in [0, 0.1) is 13.8 Å². The molecular formula is C22H25NO3. The quantitative estimate of drug-likeness (QED) is 0.561. The zero-order chi connectivity index (χ0) is 18.9. The van der Waals surface area contributed by atoms with E-state index in [-0.39, 0.29) is 18.3 Å². The summed E-state index contributed by atoms with van der Waals surface area (Å²) in [4.78, 5) is 25.8. The van der Waals surface area contributed by atoms with Crippen LogP contribution in [0.25, 0.3) is 6.08 Å². The first kappa shape index (κ1) is 19.4. The molecule has 2 aromatic rings. The van der Waals surface area contributed by atoms with E-state index in [9.17, 15) is 9.59 Å². The molecule has 0 fully saturated rings. The van der Waals surface area contributed by atoms with Gasteiger partial charge in [-0.1, -0.05) is 59.7 Å². The van der Waals surface area contributed by atoms with Crippen molar-refractivity contribution in [3.63, 3.8) is 0 Å². The number of methoxy groups -OCH3 is 1. The molecule has 0 unspecified atom stereocenters. The van der Waals surface area contributed by atoms with Gasteiger partial charge in [0, 0.05) is 19.2 Å². The topological polar surface area (TPSA) is 46.6 Å². The third kappa shape index (κ3) is 6.20. The molecule has 26 heavy (non-hydrogen) atoms. The molecular weight excluding hydrogens is 326 g/mol. The predicted octanol–water partition coefficient (Wildman–Crippen LogP) is 3.91. The lowest BCUT2D eigenvalue weighted by Crippen LogP contribution is -2.31. The van der Waals surface area contributed by atoms with Gasteiger partial charge in [0.15, 0.2) is 0 Å². The van der Waals surface area contributed by atoms with Gasteiger partial charge in [-0.25, -0.2) is 0 Å².